The maximum absolute atomic E-state index is 13.0. The Balaban J connectivity index is 1.54. The number of alkyl carbamates (subject to hydrolysis) is 1. The number of ether oxygens (including phenoxy) is 1. The first-order valence-corrected chi connectivity index (χ1v) is 9.50. The molecular weight excluding hydrogens is 403 g/mol. The Labute approximate surface area is 171 Å². The van der Waals surface area contributed by atoms with Crippen LogP contribution in [0.15, 0.2) is 18.5 Å². The van der Waals surface area contributed by atoms with Crippen molar-refractivity contribution in [3.05, 3.63) is 29.7 Å². The first-order valence-electron chi connectivity index (χ1n) is 9.50. The summed E-state index contributed by atoms with van der Waals surface area (Å²) < 4.78 is 45.5. The molecule has 164 valence electrons. The summed E-state index contributed by atoms with van der Waals surface area (Å²) >= 11 is 0. The van der Waals surface area contributed by atoms with E-state index < -0.39 is 35.6 Å². The molecule has 8 nitrogen and oxygen atoms in total. The number of rotatable bonds is 6. The molecule has 0 bridgehead atoms. The van der Waals surface area contributed by atoms with Crippen molar-refractivity contribution in [2.75, 3.05) is 0 Å². The Kier molecular flexibility index (Phi) is 5.66. The van der Waals surface area contributed by atoms with Crippen LogP contribution >= 0.6 is 0 Å². The van der Waals surface area contributed by atoms with Gasteiger partial charge in [0.1, 0.15) is 5.60 Å². The van der Waals surface area contributed by atoms with Gasteiger partial charge in [0, 0.05) is 13.0 Å². The Bertz CT molecular complexity index is 945. The highest BCUT2D eigenvalue weighted by Crippen LogP contribution is 2.59. The van der Waals surface area contributed by atoms with Crippen LogP contribution in [0, 0.1) is 5.41 Å². The number of aromatic nitrogens is 3. The molecule has 30 heavy (non-hydrogen) atoms. The number of imidazole rings is 1. The fourth-order valence-corrected chi connectivity index (χ4v) is 2.91. The molecule has 1 saturated carbocycles. The van der Waals surface area contributed by atoms with Crippen LogP contribution in [0.2, 0.25) is 0 Å². The van der Waals surface area contributed by atoms with Gasteiger partial charge in [0.15, 0.2) is 5.65 Å². The number of halogens is 3. The fraction of sp³-hybridized carbons (Fsp3) is 0.579. The number of carbonyl (C=O) groups excluding carboxylic acids is 2. The predicted molar refractivity (Wildman–Crippen MR) is 100 cm³/mol. The number of alkyl halides is 3. The minimum Gasteiger partial charge on any atom is -0.444 e. The summed E-state index contributed by atoms with van der Waals surface area (Å²) in [5, 5.41) is 9.28. The van der Waals surface area contributed by atoms with Gasteiger partial charge < -0.3 is 15.4 Å². The standard InChI is InChI=1S/C19H24F3N5O3/c1-17(2,3)30-16(29)24-10-13-11-27-14(26-13)6-12(9-25-27)8-23-15(28)7-18(4-5-18)19(20,21)22/h6,9,11H,4-5,7-8,10H2,1-3H3,(H,23,28)(H,24,29). The number of fused-ring (bicyclic) bond motifs is 1. The van der Waals surface area contributed by atoms with E-state index in [9.17, 15) is 22.8 Å². The number of amides is 2. The van der Waals surface area contributed by atoms with Crippen LogP contribution < -0.4 is 10.6 Å². The van der Waals surface area contributed by atoms with Gasteiger partial charge >= 0.3 is 12.3 Å². The van der Waals surface area contributed by atoms with E-state index in [1.807, 2.05) is 0 Å². The fourth-order valence-electron chi connectivity index (χ4n) is 2.91. The Morgan fingerprint density at radius 1 is 1.20 bits per heavy atom. The zero-order chi connectivity index (χ0) is 22.2. The van der Waals surface area contributed by atoms with Gasteiger partial charge in [0.05, 0.1) is 30.0 Å². The van der Waals surface area contributed by atoms with Gasteiger partial charge in [0.25, 0.3) is 0 Å². The quantitative estimate of drug-likeness (QED) is 0.738. The van der Waals surface area contributed by atoms with Crippen LogP contribution in [0.25, 0.3) is 5.65 Å². The largest absolute Gasteiger partial charge is 0.444 e. The Hall–Kier alpha value is -2.85. The summed E-state index contributed by atoms with van der Waals surface area (Å²) in [5.74, 6) is -0.643. The van der Waals surface area contributed by atoms with Crippen LogP contribution in [-0.2, 0) is 22.6 Å². The van der Waals surface area contributed by atoms with Crippen LogP contribution in [0.1, 0.15) is 51.3 Å². The van der Waals surface area contributed by atoms with E-state index in [2.05, 4.69) is 20.7 Å². The van der Waals surface area contributed by atoms with E-state index in [0.29, 0.717) is 16.9 Å². The van der Waals surface area contributed by atoms with Crippen molar-refractivity contribution in [3.8, 4) is 0 Å². The van der Waals surface area contributed by atoms with Gasteiger partial charge in [0.2, 0.25) is 5.91 Å². The molecule has 0 saturated heterocycles. The van der Waals surface area contributed by atoms with Gasteiger partial charge in [-0.2, -0.15) is 18.3 Å². The summed E-state index contributed by atoms with van der Waals surface area (Å²) in [6.07, 6.45) is -2.37. The van der Waals surface area contributed by atoms with Crippen molar-refractivity contribution in [1.29, 1.82) is 0 Å². The van der Waals surface area contributed by atoms with Crippen molar-refractivity contribution >= 4 is 17.6 Å². The zero-order valence-corrected chi connectivity index (χ0v) is 17.0. The SMILES string of the molecule is CC(C)(C)OC(=O)NCc1cn2ncc(CNC(=O)CC3(C(F)(F)F)CC3)cc2n1. The molecule has 0 atom stereocenters. The van der Waals surface area contributed by atoms with Crippen molar-refractivity contribution < 1.29 is 27.5 Å². The molecule has 0 aromatic carbocycles. The number of nitrogens with one attached hydrogen (secondary N) is 2. The first kappa shape index (κ1) is 21.8. The molecule has 0 radical (unpaired) electrons. The minimum atomic E-state index is -4.36. The average Bonchev–Trinajstić information content (AvgIpc) is 3.28. The number of carbonyl (C=O) groups is 2. The summed E-state index contributed by atoms with van der Waals surface area (Å²) in [5.41, 5.74) is -0.835. The van der Waals surface area contributed by atoms with Crippen LogP contribution in [0.5, 0.6) is 0 Å². The van der Waals surface area contributed by atoms with Gasteiger partial charge in [-0.05, 0) is 45.2 Å². The average molecular weight is 427 g/mol. The van der Waals surface area contributed by atoms with Crippen LogP contribution in [0.3, 0.4) is 0 Å². The maximum Gasteiger partial charge on any atom is 0.407 e. The smallest absolute Gasteiger partial charge is 0.407 e. The van der Waals surface area contributed by atoms with E-state index in [-0.39, 0.29) is 25.9 Å². The topological polar surface area (TPSA) is 97.6 Å². The van der Waals surface area contributed by atoms with E-state index in [0.717, 1.165) is 0 Å². The van der Waals surface area contributed by atoms with Crippen LogP contribution in [-0.4, -0.2) is 38.4 Å². The summed E-state index contributed by atoms with van der Waals surface area (Å²) in [6.45, 7) is 5.47. The molecule has 2 amide bonds. The Morgan fingerprint density at radius 3 is 2.50 bits per heavy atom. The van der Waals surface area contributed by atoms with Gasteiger partial charge in [-0.3, -0.25) is 4.79 Å². The lowest BCUT2D eigenvalue weighted by Gasteiger charge is -2.19. The lowest BCUT2D eigenvalue weighted by Crippen LogP contribution is -2.32. The highest BCUT2D eigenvalue weighted by Gasteiger charge is 2.63. The molecule has 2 N–H and O–H groups in total. The van der Waals surface area contributed by atoms with Crippen molar-refractivity contribution in [3.63, 3.8) is 0 Å². The zero-order valence-electron chi connectivity index (χ0n) is 17.0. The number of nitrogens with zero attached hydrogens (tertiary/aromatic N) is 3. The maximum atomic E-state index is 13.0. The number of hydrogen-bond acceptors (Lipinski definition) is 5. The van der Waals surface area contributed by atoms with Crippen molar-refractivity contribution in [2.24, 2.45) is 5.41 Å². The molecule has 2 heterocycles. The van der Waals surface area contributed by atoms with E-state index >= 15 is 0 Å². The third kappa shape index (κ3) is 5.39. The molecule has 2 aromatic heterocycles. The molecule has 2 aromatic rings. The van der Waals surface area contributed by atoms with E-state index in [1.54, 1.807) is 33.0 Å². The second kappa shape index (κ2) is 7.77. The molecule has 0 aliphatic heterocycles. The third-order valence-electron chi connectivity index (χ3n) is 4.68. The first-order chi connectivity index (χ1) is 13.9. The molecule has 1 aliphatic carbocycles. The van der Waals surface area contributed by atoms with Gasteiger partial charge in [-0.15, -0.1) is 0 Å². The molecular formula is C19H24F3N5O3. The highest BCUT2D eigenvalue weighted by atomic mass is 19.4. The highest BCUT2D eigenvalue weighted by molar-refractivity contribution is 5.77. The lowest BCUT2D eigenvalue weighted by atomic mass is 10.0. The van der Waals surface area contributed by atoms with Gasteiger partial charge in [-0.25, -0.2) is 14.3 Å². The predicted octanol–water partition coefficient (Wildman–Crippen LogP) is 3.10. The summed E-state index contributed by atoms with van der Waals surface area (Å²) in [6, 6.07) is 1.67. The molecule has 3 rings (SSSR count). The summed E-state index contributed by atoms with van der Waals surface area (Å²) in [4.78, 5) is 28.0. The van der Waals surface area contributed by atoms with E-state index in [1.165, 1.54) is 10.7 Å². The molecule has 0 spiro atoms. The molecule has 1 fully saturated rings. The lowest BCUT2D eigenvalue weighted by molar-refractivity contribution is -0.190. The minimum absolute atomic E-state index is 0.00832. The monoisotopic (exact) mass is 427 g/mol. The van der Waals surface area contributed by atoms with Crippen molar-refractivity contribution in [1.82, 2.24) is 25.2 Å². The second-order valence-electron chi connectivity index (χ2n) is 8.49. The van der Waals surface area contributed by atoms with Gasteiger partial charge in [-0.1, -0.05) is 0 Å². The summed E-state index contributed by atoms with van der Waals surface area (Å²) in [7, 11) is 0. The van der Waals surface area contributed by atoms with E-state index in [4.69, 9.17) is 4.74 Å². The van der Waals surface area contributed by atoms with Crippen LogP contribution in [0.4, 0.5) is 18.0 Å². The second-order valence-corrected chi connectivity index (χ2v) is 8.49. The normalized spacial score (nSPS) is 15.7. The third-order valence-corrected chi connectivity index (χ3v) is 4.68. The number of hydrogen-bond donors (Lipinski definition) is 2. The van der Waals surface area contributed by atoms with Crippen molar-refractivity contribution in [2.45, 2.75) is 64.9 Å². The molecule has 1 aliphatic rings. The Morgan fingerprint density at radius 2 is 1.90 bits per heavy atom. The molecule has 0 unspecified atom stereocenters. The molecule has 11 heteroatoms.